The molecule has 6 nitrogen and oxygen atoms in total. The molecule has 102 valence electrons. The first-order chi connectivity index (χ1) is 9.02. The third kappa shape index (κ3) is 3.31. The fourth-order valence-electron chi connectivity index (χ4n) is 1.64. The second kappa shape index (κ2) is 5.40. The Morgan fingerprint density at radius 1 is 1.42 bits per heavy atom. The van der Waals surface area contributed by atoms with Gasteiger partial charge in [-0.25, -0.2) is 8.42 Å². The number of aromatic amines is 1. The van der Waals surface area contributed by atoms with E-state index in [0.717, 1.165) is 10.9 Å². The number of amides is 1. The summed E-state index contributed by atoms with van der Waals surface area (Å²) in [5.41, 5.74) is 1.25. The molecule has 0 saturated heterocycles. The average molecular weight is 281 g/mol. The zero-order chi connectivity index (χ0) is 13.9. The molecule has 2 N–H and O–H groups in total. The van der Waals surface area contributed by atoms with Gasteiger partial charge in [-0.3, -0.25) is 9.89 Å². The van der Waals surface area contributed by atoms with Crippen LogP contribution < -0.4 is 5.32 Å². The van der Waals surface area contributed by atoms with Crippen LogP contribution in [-0.2, 0) is 9.84 Å². The van der Waals surface area contributed by atoms with Gasteiger partial charge in [-0.15, -0.1) is 0 Å². The number of carbonyl (C=O) groups is 1. The van der Waals surface area contributed by atoms with Gasteiger partial charge in [-0.1, -0.05) is 13.0 Å². The minimum Gasteiger partial charge on any atom is -0.351 e. The zero-order valence-corrected chi connectivity index (χ0v) is 11.3. The maximum Gasteiger partial charge on any atom is 0.251 e. The predicted molar refractivity (Wildman–Crippen MR) is 72.8 cm³/mol. The van der Waals surface area contributed by atoms with Gasteiger partial charge in [0.1, 0.15) is 0 Å². The van der Waals surface area contributed by atoms with Gasteiger partial charge in [0.25, 0.3) is 5.91 Å². The number of carbonyl (C=O) groups excluding carboxylic acids is 1. The van der Waals surface area contributed by atoms with E-state index in [1.165, 1.54) is 0 Å². The Hall–Kier alpha value is -1.89. The highest BCUT2D eigenvalue weighted by molar-refractivity contribution is 7.91. The van der Waals surface area contributed by atoms with Crippen molar-refractivity contribution in [3.05, 3.63) is 30.0 Å². The summed E-state index contributed by atoms with van der Waals surface area (Å²) in [6, 6.07) is 5.16. The number of fused-ring (bicyclic) bond motifs is 1. The fourth-order valence-corrected chi connectivity index (χ4v) is 2.35. The normalized spacial score (nSPS) is 11.6. The molecule has 1 aromatic heterocycles. The second-order valence-electron chi connectivity index (χ2n) is 4.16. The molecule has 0 bridgehead atoms. The molecule has 1 amide bonds. The van der Waals surface area contributed by atoms with E-state index in [0.29, 0.717) is 5.56 Å². The third-order valence-corrected chi connectivity index (χ3v) is 4.55. The third-order valence-electron chi connectivity index (χ3n) is 2.84. The maximum atomic E-state index is 11.8. The Bertz CT molecular complexity index is 691. The van der Waals surface area contributed by atoms with Crippen molar-refractivity contribution in [1.29, 1.82) is 0 Å². The van der Waals surface area contributed by atoms with Crippen molar-refractivity contribution in [2.24, 2.45) is 0 Å². The molecule has 2 aromatic rings. The molecular formula is C12H15N3O3S. The van der Waals surface area contributed by atoms with Crippen LogP contribution in [-0.4, -0.2) is 42.6 Å². The predicted octanol–water partition coefficient (Wildman–Crippen LogP) is 0.727. The van der Waals surface area contributed by atoms with E-state index in [1.807, 2.05) is 0 Å². The van der Waals surface area contributed by atoms with Gasteiger partial charge in [-0.05, 0) is 12.1 Å². The number of H-pyrrole nitrogens is 1. The molecule has 0 unspecified atom stereocenters. The highest BCUT2D eigenvalue weighted by atomic mass is 32.2. The largest absolute Gasteiger partial charge is 0.351 e. The molecule has 2 rings (SSSR count). The topological polar surface area (TPSA) is 91.9 Å². The average Bonchev–Trinajstić information content (AvgIpc) is 2.85. The summed E-state index contributed by atoms with van der Waals surface area (Å²) >= 11 is 0. The molecule has 1 heterocycles. The van der Waals surface area contributed by atoms with E-state index < -0.39 is 9.84 Å². The Morgan fingerprint density at radius 2 is 2.21 bits per heavy atom. The zero-order valence-electron chi connectivity index (χ0n) is 10.5. The Morgan fingerprint density at radius 3 is 2.95 bits per heavy atom. The minimum atomic E-state index is -3.05. The Balaban J connectivity index is 2.00. The molecule has 7 heteroatoms. The first-order valence-electron chi connectivity index (χ1n) is 5.93. The summed E-state index contributed by atoms with van der Waals surface area (Å²) in [6.07, 6.45) is 1.67. The number of nitrogens with one attached hydrogen (secondary N) is 2. The molecule has 0 aliphatic rings. The Kier molecular flexibility index (Phi) is 3.84. The fraction of sp³-hybridized carbons (Fsp3) is 0.333. The lowest BCUT2D eigenvalue weighted by Crippen LogP contribution is -2.29. The van der Waals surface area contributed by atoms with Crippen molar-refractivity contribution in [2.45, 2.75) is 6.92 Å². The van der Waals surface area contributed by atoms with Crippen LogP contribution in [0.25, 0.3) is 10.9 Å². The van der Waals surface area contributed by atoms with E-state index in [-0.39, 0.29) is 24.0 Å². The lowest BCUT2D eigenvalue weighted by molar-refractivity contribution is 0.0956. The number of hydrogen-bond donors (Lipinski definition) is 2. The number of sulfone groups is 1. The summed E-state index contributed by atoms with van der Waals surface area (Å²) in [4.78, 5) is 11.8. The van der Waals surface area contributed by atoms with Crippen molar-refractivity contribution in [2.75, 3.05) is 18.1 Å². The van der Waals surface area contributed by atoms with Crippen LogP contribution in [0.2, 0.25) is 0 Å². The highest BCUT2D eigenvalue weighted by Gasteiger charge is 2.10. The number of nitrogens with zero attached hydrogens (tertiary/aromatic N) is 1. The van der Waals surface area contributed by atoms with Crippen LogP contribution in [0.5, 0.6) is 0 Å². The SMILES string of the molecule is CCS(=O)(=O)CCNC(=O)c1ccc2cn[nH]c2c1. The van der Waals surface area contributed by atoms with Crippen molar-refractivity contribution in [1.82, 2.24) is 15.5 Å². The number of rotatable bonds is 5. The van der Waals surface area contributed by atoms with Crippen molar-refractivity contribution >= 4 is 26.6 Å². The van der Waals surface area contributed by atoms with E-state index in [1.54, 1.807) is 31.3 Å². The summed E-state index contributed by atoms with van der Waals surface area (Å²) < 4.78 is 22.6. The first-order valence-corrected chi connectivity index (χ1v) is 7.76. The monoisotopic (exact) mass is 281 g/mol. The van der Waals surface area contributed by atoms with Crippen LogP contribution in [0, 0.1) is 0 Å². The van der Waals surface area contributed by atoms with Crippen molar-refractivity contribution in [3.8, 4) is 0 Å². The van der Waals surface area contributed by atoms with Gasteiger partial charge >= 0.3 is 0 Å². The smallest absolute Gasteiger partial charge is 0.251 e. The number of hydrogen-bond acceptors (Lipinski definition) is 4. The van der Waals surface area contributed by atoms with Gasteiger partial charge < -0.3 is 5.32 Å². The van der Waals surface area contributed by atoms with Gasteiger partial charge in [0.2, 0.25) is 0 Å². The van der Waals surface area contributed by atoms with Crippen LogP contribution in [0.15, 0.2) is 24.4 Å². The maximum absolute atomic E-state index is 11.8. The summed E-state index contributed by atoms with van der Waals surface area (Å²) in [7, 11) is -3.05. The van der Waals surface area contributed by atoms with Crippen molar-refractivity contribution < 1.29 is 13.2 Å². The number of benzene rings is 1. The molecular weight excluding hydrogens is 266 g/mol. The van der Waals surface area contributed by atoms with Crippen LogP contribution in [0.4, 0.5) is 0 Å². The quantitative estimate of drug-likeness (QED) is 0.845. The summed E-state index contributed by atoms with van der Waals surface area (Å²) in [5, 5.41) is 10.2. The first kappa shape index (κ1) is 13.5. The van der Waals surface area contributed by atoms with Crippen LogP contribution in [0.3, 0.4) is 0 Å². The minimum absolute atomic E-state index is 0.0401. The highest BCUT2D eigenvalue weighted by Crippen LogP contribution is 2.12. The standard InChI is InChI=1S/C12H15N3O3S/c1-2-19(17,18)6-5-13-12(16)9-3-4-10-8-14-15-11(10)7-9/h3-4,7-8H,2,5-6H2,1H3,(H,13,16)(H,14,15). The summed E-state index contributed by atoms with van der Waals surface area (Å²) in [6.45, 7) is 1.71. The molecule has 19 heavy (non-hydrogen) atoms. The van der Waals surface area contributed by atoms with E-state index in [4.69, 9.17) is 0 Å². The second-order valence-corrected chi connectivity index (χ2v) is 6.64. The van der Waals surface area contributed by atoms with E-state index in [9.17, 15) is 13.2 Å². The van der Waals surface area contributed by atoms with E-state index >= 15 is 0 Å². The van der Waals surface area contributed by atoms with E-state index in [2.05, 4.69) is 15.5 Å². The molecule has 0 saturated carbocycles. The van der Waals surface area contributed by atoms with Crippen molar-refractivity contribution in [3.63, 3.8) is 0 Å². The molecule has 1 aromatic carbocycles. The molecule has 0 atom stereocenters. The molecule has 0 spiro atoms. The van der Waals surface area contributed by atoms with Gasteiger partial charge in [0.15, 0.2) is 9.84 Å². The Labute approximate surface area is 111 Å². The molecule has 0 fully saturated rings. The van der Waals surface area contributed by atoms with Gasteiger partial charge in [-0.2, -0.15) is 5.10 Å². The lowest BCUT2D eigenvalue weighted by atomic mass is 10.1. The molecule has 0 radical (unpaired) electrons. The number of aromatic nitrogens is 2. The van der Waals surface area contributed by atoms with Gasteiger partial charge in [0, 0.05) is 23.2 Å². The van der Waals surface area contributed by atoms with Crippen LogP contribution in [0.1, 0.15) is 17.3 Å². The summed E-state index contributed by atoms with van der Waals surface area (Å²) in [5.74, 6) is -0.243. The molecule has 0 aliphatic carbocycles. The lowest BCUT2D eigenvalue weighted by Gasteiger charge is -2.05. The van der Waals surface area contributed by atoms with Crippen LogP contribution >= 0.6 is 0 Å². The van der Waals surface area contributed by atoms with Gasteiger partial charge in [0.05, 0.1) is 17.5 Å². The molecule has 0 aliphatic heterocycles.